The first-order valence-corrected chi connectivity index (χ1v) is 13.3. The lowest BCUT2D eigenvalue weighted by atomic mass is 9.86. The van der Waals surface area contributed by atoms with Crippen molar-refractivity contribution in [3.63, 3.8) is 0 Å². The van der Waals surface area contributed by atoms with E-state index in [2.05, 4.69) is 15.6 Å². The summed E-state index contributed by atoms with van der Waals surface area (Å²) in [4.78, 5) is 23.7. The molecule has 34 heavy (non-hydrogen) atoms. The van der Waals surface area contributed by atoms with Gasteiger partial charge in [-0.05, 0) is 51.7 Å². The number of ether oxygens (including phenoxy) is 1. The van der Waals surface area contributed by atoms with E-state index in [0.29, 0.717) is 30.7 Å². The van der Waals surface area contributed by atoms with Crippen LogP contribution in [-0.4, -0.2) is 64.5 Å². The number of nitrogens with one attached hydrogen (secondary N) is 1. The summed E-state index contributed by atoms with van der Waals surface area (Å²) in [7, 11) is -3.11. The molecule has 1 heterocycles. The molecular formula is C23H32N4O6S. The molecule has 1 fully saturated rings. The minimum Gasteiger partial charge on any atom is -0.484 e. The number of sulfone groups is 1. The molecule has 11 heteroatoms. The van der Waals surface area contributed by atoms with E-state index in [1.54, 1.807) is 36.7 Å². The Morgan fingerprint density at radius 1 is 1.29 bits per heavy atom. The number of aliphatic carboxylic acids is 1. The van der Waals surface area contributed by atoms with Gasteiger partial charge in [0.1, 0.15) is 21.3 Å². The quantitative estimate of drug-likeness (QED) is 0.515. The molecule has 1 aliphatic carbocycles. The fourth-order valence-corrected chi connectivity index (χ4v) is 4.91. The van der Waals surface area contributed by atoms with Gasteiger partial charge in [0.2, 0.25) is 0 Å². The van der Waals surface area contributed by atoms with Crippen LogP contribution in [0.4, 0.5) is 0 Å². The maximum atomic E-state index is 12.3. The molecule has 2 N–H and O–H groups in total. The van der Waals surface area contributed by atoms with E-state index in [9.17, 15) is 23.1 Å². The number of rotatable bonds is 10. The minimum atomic E-state index is -3.11. The normalized spacial score (nSPS) is 18.9. The van der Waals surface area contributed by atoms with E-state index in [0.717, 1.165) is 18.4 Å². The topological polar surface area (TPSA) is 140 Å². The van der Waals surface area contributed by atoms with E-state index in [4.69, 9.17) is 4.74 Å². The summed E-state index contributed by atoms with van der Waals surface area (Å²) in [6, 6.07) is 7.14. The smallest absolute Gasteiger partial charge is 0.306 e. The summed E-state index contributed by atoms with van der Waals surface area (Å²) < 4.78 is 30.1. The Hall–Kier alpha value is -2.95. The number of carboxylic acids is 1. The van der Waals surface area contributed by atoms with Crippen LogP contribution < -0.4 is 10.1 Å². The lowest BCUT2D eigenvalue weighted by Crippen LogP contribution is -2.46. The van der Waals surface area contributed by atoms with Crippen LogP contribution >= 0.6 is 0 Å². The lowest BCUT2D eigenvalue weighted by Gasteiger charge is -2.26. The maximum absolute atomic E-state index is 12.3. The Morgan fingerprint density at radius 2 is 2.06 bits per heavy atom. The lowest BCUT2D eigenvalue weighted by molar-refractivity contribution is -0.143. The molecule has 0 radical (unpaired) electrons. The SMILES string of the molecule is CC(C)(CCS(C)(=O)=O)NC(=O)COc1cccc(-c2cn(C3CCCC(C(=O)O)C3)nn2)c1. The summed E-state index contributed by atoms with van der Waals surface area (Å²) in [6.45, 7) is 3.33. The fraction of sp³-hybridized carbons (Fsp3) is 0.565. The van der Waals surface area contributed by atoms with Crippen molar-refractivity contribution in [3.05, 3.63) is 30.5 Å². The first kappa shape index (κ1) is 25.7. The van der Waals surface area contributed by atoms with Crippen LogP contribution in [0.15, 0.2) is 30.5 Å². The maximum Gasteiger partial charge on any atom is 0.306 e. The number of hydrogen-bond donors (Lipinski definition) is 2. The van der Waals surface area contributed by atoms with Gasteiger partial charge in [-0.1, -0.05) is 23.8 Å². The molecule has 3 rings (SSSR count). The van der Waals surface area contributed by atoms with Gasteiger partial charge in [0.15, 0.2) is 6.61 Å². The molecule has 0 aliphatic heterocycles. The predicted octanol–water partition coefficient (Wildman–Crippen LogP) is 2.47. The van der Waals surface area contributed by atoms with Crippen molar-refractivity contribution >= 4 is 21.7 Å². The molecule has 0 spiro atoms. The highest BCUT2D eigenvalue weighted by Gasteiger charge is 2.28. The van der Waals surface area contributed by atoms with E-state index in [-0.39, 0.29) is 30.2 Å². The third-order valence-electron chi connectivity index (χ3n) is 5.96. The summed E-state index contributed by atoms with van der Waals surface area (Å²) >= 11 is 0. The van der Waals surface area contributed by atoms with Crippen molar-refractivity contribution in [3.8, 4) is 17.0 Å². The van der Waals surface area contributed by atoms with Crippen molar-refractivity contribution in [2.45, 2.75) is 57.5 Å². The third-order valence-corrected chi connectivity index (χ3v) is 6.90. The van der Waals surface area contributed by atoms with Crippen molar-refractivity contribution in [1.29, 1.82) is 0 Å². The first-order chi connectivity index (χ1) is 15.9. The standard InChI is InChI=1S/C23H32N4O6S/c1-23(2,10-11-34(3,31)32)24-21(28)15-33-19-9-5-6-16(13-19)20-14-27(26-25-20)18-8-4-7-17(12-18)22(29)30/h5-6,9,13-14,17-18H,4,7-8,10-12,15H2,1-3H3,(H,24,28)(H,29,30). The molecule has 186 valence electrons. The molecule has 10 nitrogen and oxygen atoms in total. The predicted molar refractivity (Wildman–Crippen MR) is 126 cm³/mol. The van der Waals surface area contributed by atoms with Crippen molar-refractivity contribution < 1.29 is 27.9 Å². The third kappa shape index (κ3) is 7.54. The zero-order valence-electron chi connectivity index (χ0n) is 19.7. The van der Waals surface area contributed by atoms with Gasteiger partial charge in [-0.2, -0.15) is 0 Å². The number of benzene rings is 1. The molecule has 1 aromatic carbocycles. The molecular weight excluding hydrogens is 460 g/mol. The molecule has 0 saturated heterocycles. The molecule has 2 atom stereocenters. The summed E-state index contributed by atoms with van der Waals surface area (Å²) in [5, 5.41) is 20.6. The van der Waals surface area contributed by atoms with Crippen LogP contribution in [0.3, 0.4) is 0 Å². The minimum absolute atomic E-state index is 0.00489. The number of amides is 1. The number of carboxylic acid groups (broad SMARTS) is 1. The molecule has 2 unspecified atom stereocenters. The summed E-state index contributed by atoms with van der Waals surface area (Å²) in [5.41, 5.74) is 0.723. The molecule has 2 aromatic rings. The Labute approximate surface area is 199 Å². The van der Waals surface area contributed by atoms with Gasteiger partial charge in [0, 0.05) is 17.4 Å². The summed E-state index contributed by atoms with van der Waals surface area (Å²) in [5.74, 6) is -0.995. The number of aromatic nitrogens is 3. The first-order valence-electron chi connectivity index (χ1n) is 11.3. The summed E-state index contributed by atoms with van der Waals surface area (Å²) in [6.07, 6.45) is 6.22. The second kappa shape index (κ2) is 10.5. The number of hydrogen-bond acceptors (Lipinski definition) is 7. The second-order valence-corrected chi connectivity index (χ2v) is 11.8. The van der Waals surface area contributed by atoms with E-state index in [1.165, 1.54) is 6.26 Å². The highest BCUT2D eigenvalue weighted by molar-refractivity contribution is 7.90. The number of carbonyl (C=O) groups is 2. The largest absolute Gasteiger partial charge is 0.484 e. The van der Waals surface area contributed by atoms with Gasteiger partial charge in [-0.25, -0.2) is 13.1 Å². The Morgan fingerprint density at radius 3 is 2.76 bits per heavy atom. The van der Waals surface area contributed by atoms with Crippen LogP contribution in [0.2, 0.25) is 0 Å². The average Bonchev–Trinajstić information content (AvgIpc) is 3.26. The Bertz CT molecular complexity index is 1130. The monoisotopic (exact) mass is 492 g/mol. The van der Waals surface area contributed by atoms with E-state index >= 15 is 0 Å². The Balaban J connectivity index is 1.58. The molecule has 1 aliphatic rings. The van der Waals surface area contributed by atoms with Gasteiger partial charge in [0.25, 0.3) is 5.91 Å². The van der Waals surface area contributed by atoms with Crippen LogP contribution in [-0.2, 0) is 19.4 Å². The zero-order chi connectivity index (χ0) is 24.9. The van der Waals surface area contributed by atoms with Gasteiger partial charge in [-0.3, -0.25) is 9.59 Å². The van der Waals surface area contributed by atoms with E-state index < -0.39 is 21.3 Å². The fourth-order valence-electron chi connectivity index (χ4n) is 4.03. The van der Waals surface area contributed by atoms with Crippen LogP contribution in [0, 0.1) is 5.92 Å². The molecule has 1 amide bonds. The number of carbonyl (C=O) groups excluding carboxylic acids is 1. The average molecular weight is 493 g/mol. The van der Waals surface area contributed by atoms with Crippen LogP contribution in [0.25, 0.3) is 11.3 Å². The van der Waals surface area contributed by atoms with Gasteiger partial charge in [-0.15, -0.1) is 5.10 Å². The number of nitrogens with zero attached hydrogens (tertiary/aromatic N) is 3. The molecule has 0 bridgehead atoms. The second-order valence-electron chi connectivity index (χ2n) is 9.57. The van der Waals surface area contributed by atoms with Crippen molar-refractivity contribution in [2.24, 2.45) is 5.92 Å². The van der Waals surface area contributed by atoms with Gasteiger partial charge < -0.3 is 15.2 Å². The Kier molecular flexibility index (Phi) is 7.96. The zero-order valence-corrected chi connectivity index (χ0v) is 20.5. The molecule has 1 saturated carbocycles. The highest BCUT2D eigenvalue weighted by atomic mass is 32.2. The van der Waals surface area contributed by atoms with Crippen molar-refractivity contribution in [1.82, 2.24) is 20.3 Å². The molecule has 1 aromatic heterocycles. The van der Waals surface area contributed by atoms with Gasteiger partial charge >= 0.3 is 5.97 Å². The van der Waals surface area contributed by atoms with Crippen molar-refractivity contribution in [2.75, 3.05) is 18.6 Å². The highest BCUT2D eigenvalue weighted by Crippen LogP contribution is 2.33. The van der Waals surface area contributed by atoms with Crippen LogP contribution in [0.1, 0.15) is 52.0 Å². The van der Waals surface area contributed by atoms with E-state index in [1.807, 2.05) is 12.3 Å². The van der Waals surface area contributed by atoms with Gasteiger partial charge in [0.05, 0.1) is 23.9 Å². The van der Waals surface area contributed by atoms with Crippen LogP contribution in [0.5, 0.6) is 5.75 Å².